The summed E-state index contributed by atoms with van der Waals surface area (Å²) in [6.07, 6.45) is 2.02. The Kier molecular flexibility index (Phi) is 5.44. The van der Waals surface area contributed by atoms with Crippen LogP contribution in [0.1, 0.15) is 11.1 Å². The number of hydrogen-bond acceptors (Lipinski definition) is 6. The molecule has 0 atom stereocenters. The van der Waals surface area contributed by atoms with Gasteiger partial charge in [0.2, 0.25) is 0 Å². The number of methoxy groups -OCH3 is 1. The van der Waals surface area contributed by atoms with Crippen LogP contribution in [0.2, 0.25) is 0 Å². The highest BCUT2D eigenvalue weighted by Crippen LogP contribution is 2.27. The minimum absolute atomic E-state index is 0.107. The summed E-state index contributed by atoms with van der Waals surface area (Å²) in [5.41, 5.74) is 2.98. The molecule has 0 unspecified atom stereocenters. The van der Waals surface area contributed by atoms with Gasteiger partial charge in [0.05, 0.1) is 17.7 Å². The molecular formula is C21H19N5O3S. The molecule has 0 aliphatic carbocycles. The lowest BCUT2D eigenvalue weighted by molar-refractivity contribution is 0.410. The maximum Gasteiger partial charge on any atom is 0.261 e. The average Bonchev–Trinajstić information content (AvgIpc) is 3.30. The van der Waals surface area contributed by atoms with Crippen LogP contribution in [0.15, 0.2) is 84.0 Å². The molecule has 1 aromatic heterocycles. The molecule has 0 saturated carbocycles. The van der Waals surface area contributed by atoms with E-state index in [4.69, 9.17) is 4.74 Å². The standard InChI is InChI=1S/C21H19N5O3S/c1-29-21-11-10-18(13-17(21)12-16-6-3-2-4-7-16)23-30(27,28)20-9-5-8-19(14-20)26-15-22-24-25-26/h2-11,13-15,23H,12H2,1H3. The number of aromatic nitrogens is 4. The predicted molar refractivity (Wildman–Crippen MR) is 112 cm³/mol. The van der Waals surface area contributed by atoms with E-state index < -0.39 is 10.0 Å². The lowest BCUT2D eigenvalue weighted by atomic mass is 10.0. The molecule has 0 bridgehead atoms. The van der Waals surface area contributed by atoms with Crippen LogP contribution in [0.25, 0.3) is 5.69 Å². The Morgan fingerprint density at radius 1 is 1.00 bits per heavy atom. The number of anilines is 1. The van der Waals surface area contributed by atoms with Gasteiger partial charge in [0.15, 0.2) is 0 Å². The number of rotatable bonds is 7. The molecule has 1 heterocycles. The Morgan fingerprint density at radius 3 is 2.57 bits per heavy atom. The van der Waals surface area contributed by atoms with Crippen molar-refractivity contribution in [3.8, 4) is 11.4 Å². The van der Waals surface area contributed by atoms with Crippen molar-refractivity contribution in [2.75, 3.05) is 11.8 Å². The van der Waals surface area contributed by atoms with E-state index in [1.165, 1.54) is 23.1 Å². The highest BCUT2D eigenvalue weighted by atomic mass is 32.2. The van der Waals surface area contributed by atoms with Crippen molar-refractivity contribution in [1.29, 1.82) is 0 Å². The van der Waals surface area contributed by atoms with Crippen molar-refractivity contribution in [2.45, 2.75) is 11.3 Å². The summed E-state index contributed by atoms with van der Waals surface area (Å²) in [5.74, 6) is 0.697. The minimum Gasteiger partial charge on any atom is -0.496 e. The van der Waals surface area contributed by atoms with Crippen LogP contribution in [0, 0.1) is 0 Å². The third kappa shape index (κ3) is 4.31. The second kappa shape index (κ2) is 8.34. The predicted octanol–water partition coefficient (Wildman–Crippen LogP) is 3.06. The molecule has 30 heavy (non-hydrogen) atoms. The van der Waals surface area contributed by atoms with Crippen LogP contribution >= 0.6 is 0 Å². The van der Waals surface area contributed by atoms with E-state index in [0.29, 0.717) is 23.5 Å². The topological polar surface area (TPSA) is 99.0 Å². The Morgan fingerprint density at radius 2 is 1.83 bits per heavy atom. The number of nitrogens with one attached hydrogen (secondary N) is 1. The zero-order chi connectivity index (χ0) is 21.0. The molecule has 0 aliphatic rings. The van der Waals surface area contributed by atoms with Crippen LogP contribution in [-0.4, -0.2) is 35.7 Å². The summed E-state index contributed by atoms with van der Waals surface area (Å²) in [6.45, 7) is 0. The summed E-state index contributed by atoms with van der Waals surface area (Å²) in [4.78, 5) is 0.107. The Bertz CT molecular complexity index is 1240. The molecule has 0 amide bonds. The minimum atomic E-state index is -3.81. The van der Waals surface area contributed by atoms with Crippen molar-refractivity contribution in [2.24, 2.45) is 0 Å². The van der Waals surface area contributed by atoms with Crippen LogP contribution in [-0.2, 0) is 16.4 Å². The van der Waals surface area contributed by atoms with Crippen LogP contribution in [0.5, 0.6) is 5.75 Å². The highest BCUT2D eigenvalue weighted by molar-refractivity contribution is 7.92. The van der Waals surface area contributed by atoms with Gasteiger partial charge >= 0.3 is 0 Å². The van der Waals surface area contributed by atoms with Crippen molar-refractivity contribution in [1.82, 2.24) is 20.2 Å². The molecule has 1 N–H and O–H groups in total. The lowest BCUT2D eigenvalue weighted by Crippen LogP contribution is -2.13. The van der Waals surface area contributed by atoms with Crippen LogP contribution in [0.4, 0.5) is 5.69 Å². The van der Waals surface area contributed by atoms with E-state index in [2.05, 4.69) is 20.2 Å². The first-order valence-electron chi connectivity index (χ1n) is 9.12. The lowest BCUT2D eigenvalue weighted by Gasteiger charge is -2.13. The summed E-state index contributed by atoms with van der Waals surface area (Å²) in [7, 11) is -2.21. The molecule has 152 valence electrons. The molecular weight excluding hydrogens is 402 g/mol. The van der Waals surface area contributed by atoms with Gasteiger partial charge in [-0.1, -0.05) is 36.4 Å². The smallest absolute Gasteiger partial charge is 0.261 e. The van der Waals surface area contributed by atoms with Gasteiger partial charge < -0.3 is 4.74 Å². The Labute approximate surface area is 174 Å². The number of benzene rings is 3. The number of nitrogens with zero attached hydrogens (tertiary/aromatic N) is 4. The zero-order valence-electron chi connectivity index (χ0n) is 16.1. The second-order valence-corrected chi connectivity index (χ2v) is 8.23. The van der Waals surface area contributed by atoms with Gasteiger partial charge in [-0.2, -0.15) is 0 Å². The molecule has 0 saturated heterocycles. The van der Waals surface area contributed by atoms with Gasteiger partial charge in [-0.05, 0) is 52.4 Å². The fourth-order valence-electron chi connectivity index (χ4n) is 3.08. The number of hydrogen-bond donors (Lipinski definition) is 1. The highest BCUT2D eigenvalue weighted by Gasteiger charge is 2.16. The Balaban J connectivity index is 1.62. The van der Waals surface area contributed by atoms with Gasteiger partial charge in [-0.15, -0.1) is 5.10 Å². The molecule has 3 aromatic carbocycles. The van der Waals surface area contributed by atoms with Gasteiger partial charge in [-0.3, -0.25) is 4.72 Å². The molecule has 9 heteroatoms. The van der Waals surface area contributed by atoms with E-state index in [0.717, 1.165) is 11.1 Å². The third-order valence-electron chi connectivity index (χ3n) is 4.51. The molecule has 4 aromatic rings. The van der Waals surface area contributed by atoms with E-state index in [9.17, 15) is 8.42 Å². The van der Waals surface area contributed by atoms with E-state index in [-0.39, 0.29) is 4.90 Å². The van der Waals surface area contributed by atoms with Crippen molar-refractivity contribution in [3.63, 3.8) is 0 Å². The van der Waals surface area contributed by atoms with Crippen molar-refractivity contribution in [3.05, 3.63) is 90.3 Å². The molecule has 0 radical (unpaired) electrons. The van der Waals surface area contributed by atoms with Crippen LogP contribution in [0.3, 0.4) is 0 Å². The van der Waals surface area contributed by atoms with Crippen LogP contribution < -0.4 is 9.46 Å². The largest absolute Gasteiger partial charge is 0.496 e. The second-order valence-electron chi connectivity index (χ2n) is 6.55. The van der Waals surface area contributed by atoms with Gasteiger partial charge in [-0.25, -0.2) is 13.1 Å². The summed E-state index contributed by atoms with van der Waals surface area (Å²) < 4.78 is 35.4. The maximum absolute atomic E-state index is 12.9. The first-order valence-corrected chi connectivity index (χ1v) is 10.6. The molecule has 4 rings (SSSR count). The summed E-state index contributed by atoms with van der Waals surface area (Å²) in [6, 6.07) is 21.5. The monoisotopic (exact) mass is 421 g/mol. The van der Waals surface area contributed by atoms with Crippen molar-refractivity contribution < 1.29 is 13.2 Å². The maximum atomic E-state index is 12.9. The van der Waals surface area contributed by atoms with Gasteiger partial charge in [0.1, 0.15) is 12.1 Å². The number of tetrazole rings is 1. The van der Waals surface area contributed by atoms with Crippen molar-refractivity contribution >= 4 is 15.7 Å². The molecule has 0 spiro atoms. The van der Waals surface area contributed by atoms with E-state index >= 15 is 0 Å². The Hall–Kier alpha value is -3.72. The number of sulfonamides is 1. The van der Waals surface area contributed by atoms with Gasteiger partial charge in [0.25, 0.3) is 10.0 Å². The SMILES string of the molecule is COc1ccc(NS(=O)(=O)c2cccc(-n3cnnn3)c2)cc1Cc1ccccc1. The summed E-state index contributed by atoms with van der Waals surface area (Å²) in [5, 5.41) is 10.9. The fraction of sp³-hybridized carbons (Fsp3) is 0.0952. The fourth-order valence-corrected chi connectivity index (χ4v) is 4.17. The first kappa shape index (κ1) is 19.6. The average molecular weight is 421 g/mol. The zero-order valence-corrected chi connectivity index (χ0v) is 17.0. The van der Waals surface area contributed by atoms with E-state index in [1.807, 2.05) is 30.3 Å². The normalized spacial score (nSPS) is 11.2. The van der Waals surface area contributed by atoms with E-state index in [1.54, 1.807) is 37.4 Å². The summed E-state index contributed by atoms with van der Waals surface area (Å²) >= 11 is 0. The number of ether oxygens (including phenoxy) is 1. The van der Waals surface area contributed by atoms with Gasteiger partial charge in [0, 0.05) is 17.7 Å². The molecule has 0 fully saturated rings. The molecule has 0 aliphatic heterocycles. The first-order chi connectivity index (χ1) is 14.5. The quantitative estimate of drug-likeness (QED) is 0.492. The third-order valence-corrected chi connectivity index (χ3v) is 5.89. The molecule has 8 nitrogen and oxygen atoms in total.